The molecule has 2 heterocycles. The zero-order valence-corrected chi connectivity index (χ0v) is 19.6. The maximum Gasteiger partial charge on any atom is 0.414 e. The van der Waals surface area contributed by atoms with Gasteiger partial charge < -0.3 is 15.4 Å². The Hall–Kier alpha value is -1.72. The fraction of sp³-hybridized carbons (Fsp3) is 0.500. The molecular weight excluding hydrogens is 511 g/mol. The molecule has 3 amide bonds. The summed E-state index contributed by atoms with van der Waals surface area (Å²) in [5, 5.41) is 2.12. The van der Waals surface area contributed by atoms with Crippen molar-refractivity contribution in [1.29, 1.82) is 0 Å². The van der Waals surface area contributed by atoms with Gasteiger partial charge in [0.15, 0.2) is 9.67 Å². The summed E-state index contributed by atoms with van der Waals surface area (Å²) in [6, 6.07) is 4.30. The number of halogens is 5. The first-order chi connectivity index (χ1) is 15.1. The van der Waals surface area contributed by atoms with Gasteiger partial charge in [-0.2, -0.15) is 0 Å². The summed E-state index contributed by atoms with van der Waals surface area (Å²) in [5.74, 6) is -2.05. The molecule has 2 aliphatic rings. The summed E-state index contributed by atoms with van der Waals surface area (Å²) in [6.45, 7) is 0.697. The van der Waals surface area contributed by atoms with E-state index >= 15 is 4.39 Å². The summed E-state index contributed by atoms with van der Waals surface area (Å²) in [7, 11) is 0. The van der Waals surface area contributed by atoms with Gasteiger partial charge in [-0.15, -0.1) is 0 Å². The molecule has 0 radical (unpaired) electrons. The van der Waals surface area contributed by atoms with Crippen LogP contribution in [0.25, 0.3) is 0 Å². The Balaban J connectivity index is 1.81. The molecule has 9 nitrogen and oxygen atoms in total. The van der Waals surface area contributed by atoms with Crippen LogP contribution in [0.2, 0.25) is 0 Å². The predicted octanol–water partition coefficient (Wildman–Crippen LogP) is 2.11. The quantitative estimate of drug-likeness (QED) is 0.585. The van der Waals surface area contributed by atoms with Gasteiger partial charge in [0.1, 0.15) is 11.9 Å². The van der Waals surface area contributed by atoms with Gasteiger partial charge in [0.05, 0.1) is 31.0 Å². The van der Waals surface area contributed by atoms with Gasteiger partial charge in [0, 0.05) is 19.6 Å². The molecule has 2 aliphatic heterocycles. The molecule has 0 saturated carbocycles. The first kappa shape index (κ1) is 24.9. The van der Waals surface area contributed by atoms with Gasteiger partial charge in [0.25, 0.3) is 11.8 Å². The third-order valence-electron chi connectivity index (χ3n) is 5.06. The molecule has 1 aromatic rings. The number of nitrogens with two attached hydrogens (primary N) is 1. The molecule has 0 aromatic heterocycles. The molecular formula is C18H20Cl4FN5O4. The van der Waals surface area contributed by atoms with Crippen LogP contribution in [0, 0.1) is 5.82 Å². The lowest BCUT2D eigenvalue weighted by Gasteiger charge is -2.33. The molecule has 2 fully saturated rings. The van der Waals surface area contributed by atoms with Crippen molar-refractivity contribution in [3.63, 3.8) is 0 Å². The van der Waals surface area contributed by atoms with E-state index in [0.717, 1.165) is 10.0 Å². The highest BCUT2D eigenvalue weighted by atomic mass is 35.5. The highest BCUT2D eigenvalue weighted by molar-refractivity contribution is 6.54. The molecule has 2 N–H and O–H groups in total. The van der Waals surface area contributed by atoms with E-state index in [9.17, 15) is 14.4 Å². The number of carbonyl (C=O) groups is 3. The second-order valence-corrected chi connectivity index (χ2v) is 9.19. The Morgan fingerprint density at radius 2 is 1.62 bits per heavy atom. The Morgan fingerprint density at radius 3 is 2.06 bits per heavy atom. The van der Waals surface area contributed by atoms with Gasteiger partial charge in [-0.1, -0.05) is 46.4 Å². The smallest absolute Gasteiger partial charge is 0.414 e. The van der Waals surface area contributed by atoms with Crippen LogP contribution in [0.15, 0.2) is 18.2 Å². The van der Waals surface area contributed by atoms with Crippen LogP contribution < -0.4 is 15.5 Å². The summed E-state index contributed by atoms with van der Waals surface area (Å²) >= 11 is 22.8. The number of hydrogen-bond donors (Lipinski definition) is 1. The minimum atomic E-state index is -1.41. The Kier molecular flexibility index (Phi) is 8.16. The number of amides is 3. The van der Waals surface area contributed by atoms with Crippen molar-refractivity contribution in [2.45, 2.75) is 15.8 Å². The molecule has 1 atom stereocenters. The van der Waals surface area contributed by atoms with Crippen molar-refractivity contribution >= 4 is 75.7 Å². The number of carbonyl (C=O) groups excluding carboxylic acids is 3. The first-order valence-corrected chi connectivity index (χ1v) is 11.3. The molecule has 176 valence electrons. The highest BCUT2D eigenvalue weighted by Gasteiger charge is 2.35. The Labute approximate surface area is 203 Å². The number of hydrazine groups is 1. The molecule has 14 heteroatoms. The van der Waals surface area contributed by atoms with Crippen molar-refractivity contribution in [2.24, 2.45) is 5.73 Å². The third kappa shape index (κ3) is 5.26. The standard InChI is InChI=1S/C18H20Cl4FN5O4/c19-14(20)16(29)27-5-3-25(4-6-28(27)17(30)15(21)22)13-2-1-10(7-12(13)23)26-9-11(8-24)32-18(26)31/h1-2,7,11,14-15H,3-6,8-9,24H2/t11-/m0/s1. The topological polar surface area (TPSA) is 99.4 Å². The van der Waals surface area contributed by atoms with E-state index in [-0.39, 0.29) is 45.0 Å². The van der Waals surface area contributed by atoms with Crippen LogP contribution in [0.3, 0.4) is 0 Å². The number of hydrogen-bond acceptors (Lipinski definition) is 6. The summed E-state index contributed by atoms with van der Waals surface area (Å²) in [6.07, 6.45) is -1.05. The Bertz CT molecular complexity index is 863. The zero-order valence-electron chi connectivity index (χ0n) is 16.6. The lowest BCUT2D eigenvalue weighted by atomic mass is 10.2. The molecule has 0 spiro atoms. The SMILES string of the molecule is NC[C@H]1CN(c2ccc(N3CCN(C(=O)C(Cl)Cl)N(C(=O)C(Cl)Cl)CC3)c(F)c2)C(=O)O1. The largest absolute Gasteiger partial charge is 0.443 e. The molecule has 2 saturated heterocycles. The molecule has 3 rings (SSSR count). The predicted molar refractivity (Wildman–Crippen MR) is 120 cm³/mol. The number of benzene rings is 1. The number of cyclic esters (lactones) is 1. The van der Waals surface area contributed by atoms with Gasteiger partial charge in [-0.25, -0.2) is 19.2 Å². The summed E-state index contributed by atoms with van der Waals surface area (Å²) < 4.78 is 20.1. The van der Waals surface area contributed by atoms with E-state index in [1.54, 1.807) is 11.0 Å². The average molecular weight is 531 g/mol. The third-order valence-corrected chi connectivity index (χ3v) is 5.80. The van der Waals surface area contributed by atoms with Crippen LogP contribution in [-0.4, -0.2) is 83.0 Å². The maximum absolute atomic E-state index is 15.0. The first-order valence-electron chi connectivity index (χ1n) is 9.55. The van der Waals surface area contributed by atoms with Gasteiger partial charge in [0.2, 0.25) is 0 Å². The number of rotatable bonds is 5. The van der Waals surface area contributed by atoms with Crippen molar-refractivity contribution < 1.29 is 23.5 Å². The zero-order chi connectivity index (χ0) is 23.6. The van der Waals surface area contributed by atoms with Gasteiger partial charge in [-0.05, 0) is 18.2 Å². The van der Waals surface area contributed by atoms with Crippen molar-refractivity contribution in [3.05, 3.63) is 24.0 Å². The normalized spacial score (nSPS) is 19.6. The number of ether oxygens (including phenoxy) is 1. The van der Waals surface area contributed by atoms with Crippen molar-refractivity contribution in [1.82, 2.24) is 10.0 Å². The summed E-state index contributed by atoms with van der Waals surface area (Å²) in [4.78, 5) is 36.9. The van der Waals surface area contributed by atoms with Crippen molar-refractivity contribution in [3.8, 4) is 0 Å². The van der Waals surface area contributed by atoms with Crippen LogP contribution in [0.5, 0.6) is 0 Å². The van der Waals surface area contributed by atoms with E-state index in [1.165, 1.54) is 17.0 Å². The van der Waals surface area contributed by atoms with Crippen LogP contribution in [-0.2, 0) is 14.3 Å². The lowest BCUT2D eigenvalue weighted by Crippen LogP contribution is -2.53. The fourth-order valence-electron chi connectivity index (χ4n) is 3.48. The van der Waals surface area contributed by atoms with E-state index in [4.69, 9.17) is 56.9 Å². The van der Waals surface area contributed by atoms with Gasteiger partial charge >= 0.3 is 6.09 Å². The minimum absolute atomic E-state index is 0.0150. The van der Waals surface area contributed by atoms with Crippen LogP contribution >= 0.6 is 46.4 Å². The van der Waals surface area contributed by atoms with Crippen LogP contribution in [0.4, 0.5) is 20.6 Å². The fourth-order valence-corrected chi connectivity index (χ4v) is 3.93. The molecule has 0 bridgehead atoms. The van der Waals surface area contributed by atoms with Gasteiger partial charge in [-0.3, -0.25) is 14.5 Å². The average Bonchev–Trinajstić information content (AvgIpc) is 3.00. The Morgan fingerprint density at radius 1 is 1.06 bits per heavy atom. The summed E-state index contributed by atoms with van der Waals surface area (Å²) in [5.41, 5.74) is 6.08. The van der Waals surface area contributed by atoms with Crippen LogP contribution in [0.1, 0.15) is 0 Å². The highest BCUT2D eigenvalue weighted by Crippen LogP contribution is 2.29. The van der Waals surface area contributed by atoms with E-state index < -0.39 is 39.5 Å². The second-order valence-electron chi connectivity index (χ2n) is 7.00. The van der Waals surface area contributed by atoms with E-state index in [1.807, 2.05) is 0 Å². The molecule has 0 aliphatic carbocycles. The molecule has 32 heavy (non-hydrogen) atoms. The lowest BCUT2D eigenvalue weighted by molar-refractivity contribution is -0.160. The van der Waals surface area contributed by atoms with E-state index in [0.29, 0.717) is 5.69 Å². The van der Waals surface area contributed by atoms with E-state index in [2.05, 4.69) is 0 Å². The minimum Gasteiger partial charge on any atom is -0.443 e. The monoisotopic (exact) mass is 529 g/mol. The molecule has 0 unspecified atom stereocenters. The number of anilines is 2. The van der Waals surface area contributed by atoms with Crippen molar-refractivity contribution in [2.75, 3.05) is 49.1 Å². The number of nitrogens with zero attached hydrogens (tertiary/aromatic N) is 4. The number of alkyl halides is 4. The maximum atomic E-state index is 15.0. The second kappa shape index (κ2) is 10.5. The molecule has 1 aromatic carbocycles.